The number of hydrogen-bond acceptors (Lipinski definition) is 4. The number of carbonyl (C=O) groups excluding carboxylic acids is 1. The zero-order chi connectivity index (χ0) is 22.6. The Morgan fingerprint density at radius 1 is 1.09 bits per heavy atom. The van der Waals surface area contributed by atoms with Gasteiger partial charge in [-0.1, -0.05) is 12.1 Å². The molecule has 4 saturated carbocycles. The standard InChI is InChI=1S/C26H37FN2O3/c1-31-22-8-4-21(5-9-22)29-24(30)26-13-10-25(11-14-26,12-15-26)20-2-6-23(7-3-20)32-18-19(16-27)17-28/h2-3,6-7,16,21-22H,4-5,8-15,17-18,28H2,1H3,(H,29,30)/b19-16+/t21-,22-,25?,26?. The lowest BCUT2D eigenvalue weighted by atomic mass is 9.51. The maximum Gasteiger partial charge on any atom is 0.226 e. The SMILES string of the molecule is CO[C@H]1CC[C@H](NC(=O)C23CCC(c4ccc(OC/C(=C/F)CN)cc4)(CC2)CC3)CC1. The number of nitrogens with one attached hydrogen (secondary N) is 1. The summed E-state index contributed by atoms with van der Waals surface area (Å²) in [6.45, 7) is 0.323. The smallest absolute Gasteiger partial charge is 0.226 e. The normalized spacial score (nSPS) is 32.5. The first-order valence-electron chi connectivity index (χ1n) is 12.1. The van der Waals surface area contributed by atoms with Crippen molar-refractivity contribution >= 4 is 5.91 Å². The summed E-state index contributed by atoms with van der Waals surface area (Å²) >= 11 is 0. The molecule has 176 valence electrons. The molecule has 4 aliphatic rings. The lowest BCUT2D eigenvalue weighted by molar-refractivity contribution is -0.139. The van der Waals surface area contributed by atoms with E-state index >= 15 is 0 Å². The molecule has 0 aromatic heterocycles. The Morgan fingerprint density at radius 3 is 2.25 bits per heavy atom. The van der Waals surface area contributed by atoms with E-state index in [1.165, 1.54) is 5.56 Å². The van der Waals surface area contributed by atoms with Crippen LogP contribution in [0.1, 0.15) is 69.8 Å². The predicted octanol–water partition coefficient (Wildman–Crippen LogP) is 4.54. The zero-order valence-corrected chi connectivity index (χ0v) is 19.2. The molecule has 0 spiro atoms. The first-order chi connectivity index (χ1) is 15.5. The number of ether oxygens (including phenoxy) is 2. The number of hydrogen-bond donors (Lipinski definition) is 2. The van der Waals surface area contributed by atoms with Crippen molar-refractivity contribution in [3.05, 3.63) is 41.7 Å². The molecule has 1 aromatic rings. The van der Waals surface area contributed by atoms with Gasteiger partial charge in [-0.05, 0) is 87.3 Å². The Balaban J connectivity index is 1.33. The molecule has 1 amide bonds. The summed E-state index contributed by atoms with van der Waals surface area (Å²) in [6.07, 6.45) is 11.0. The van der Waals surface area contributed by atoms with Gasteiger partial charge in [-0.15, -0.1) is 0 Å². The van der Waals surface area contributed by atoms with Gasteiger partial charge in [-0.25, -0.2) is 4.39 Å². The summed E-state index contributed by atoms with van der Waals surface area (Å²) in [7, 11) is 1.78. The quantitative estimate of drug-likeness (QED) is 0.617. The third kappa shape index (κ3) is 4.72. The summed E-state index contributed by atoms with van der Waals surface area (Å²) < 4.78 is 23.8. The molecule has 0 aliphatic heterocycles. The highest BCUT2D eigenvalue weighted by molar-refractivity contribution is 5.83. The summed E-state index contributed by atoms with van der Waals surface area (Å²) in [4.78, 5) is 13.3. The van der Waals surface area contributed by atoms with Crippen molar-refractivity contribution in [1.29, 1.82) is 0 Å². The van der Waals surface area contributed by atoms with Crippen molar-refractivity contribution in [3.63, 3.8) is 0 Å². The van der Waals surface area contributed by atoms with Gasteiger partial charge in [0, 0.05) is 30.7 Å². The average molecular weight is 445 g/mol. The molecule has 5 nitrogen and oxygen atoms in total. The Morgan fingerprint density at radius 2 is 1.72 bits per heavy atom. The topological polar surface area (TPSA) is 73.6 Å². The van der Waals surface area contributed by atoms with Crippen molar-refractivity contribution < 1.29 is 18.7 Å². The van der Waals surface area contributed by atoms with Gasteiger partial charge in [-0.2, -0.15) is 0 Å². The monoisotopic (exact) mass is 444 g/mol. The van der Waals surface area contributed by atoms with Crippen LogP contribution in [0, 0.1) is 5.41 Å². The van der Waals surface area contributed by atoms with Crippen molar-refractivity contribution in [3.8, 4) is 5.75 Å². The molecule has 4 aliphatic carbocycles. The molecule has 32 heavy (non-hydrogen) atoms. The highest BCUT2D eigenvalue weighted by Gasteiger charge is 2.53. The van der Waals surface area contributed by atoms with Gasteiger partial charge in [0.15, 0.2) is 0 Å². The summed E-state index contributed by atoms with van der Waals surface area (Å²) in [6, 6.07) is 8.52. The number of rotatable bonds is 8. The number of nitrogens with two attached hydrogens (primary N) is 1. The molecule has 3 N–H and O–H groups in total. The van der Waals surface area contributed by atoms with E-state index in [1.807, 2.05) is 12.1 Å². The highest BCUT2D eigenvalue weighted by atomic mass is 19.1. The van der Waals surface area contributed by atoms with Gasteiger partial charge < -0.3 is 20.5 Å². The van der Waals surface area contributed by atoms with E-state index in [0.29, 0.717) is 24.0 Å². The fourth-order valence-corrected chi connectivity index (χ4v) is 5.96. The Bertz CT molecular complexity index is 790. The second kappa shape index (κ2) is 9.92. The minimum Gasteiger partial charge on any atom is -0.489 e. The van der Waals surface area contributed by atoms with Gasteiger partial charge in [0.25, 0.3) is 0 Å². The largest absolute Gasteiger partial charge is 0.489 e. The van der Waals surface area contributed by atoms with Crippen LogP contribution in [-0.2, 0) is 14.9 Å². The minimum atomic E-state index is -0.180. The van der Waals surface area contributed by atoms with E-state index in [4.69, 9.17) is 15.2 Å². The molecule has 0 saturated heterocycles. The minimum absolute atomic E-state index is 0.154. The molecule has 0 unspecified atom stereocenters. The molecule has 6 heteroatoms. The van der Waals surface area contributed by atoms with Crippen LogP contribution >= 0.6 is 0 Å². The fraction of sp³-hybridized carbons (Fsp3) is 0.654. The maximum atomic E-state index is 13.3. The summed E-state index contributed by atoms with van der Waals surface area (Å²) in [5.74, 6) is 1.01. The van der Waals surface area contributed by atoms with Gasteiger partial charge in [0.2, 0.25) is 5.91 Å². The molecule has 0 radical (unpaired) electrons. The molecular formula is C26H37FN2O3. The molecule has 4 fully saturated rings. The number of benzene rings is 1. The Labute approximate surface area is 190 Å². The van der Waals surface area contributed by atoms with Crippen LogP contribution < -0.4 is 15.8 Å². The average Bonchev–Trinajstić information content (AvgIpc) is 2.86. The molecular weight excluding hydrogens is 407 g/mol. The molecule has 2 bridgehead atoms. The predicted molar refractivity (Wildman–Crippen MR) is 123 cm³/mol. The third-order valence-electron chi connectivity index (χ3n) is 8.38. The molecule has 1 aromatic carbocycles. The van der Waals surface area contributed by atoms with Gasteiger partial charge in [0.1, 0.15) is 12.4 Å². The van der Waals surface area contributed by atoms with Crippen molar-refractivity contribution in [2.45, 2.75) is 81.8 Å². The zero-order valence-electron chi connectivity index (χ0n) is 19.2. The highest BCUT2D eigenvalue weighted by Crippen LogP contribution is 2.58. The van der Waals surface area contributed by atoms with Gasteiger partial charge >= 0.3 is 0 Å². The van der Waals surface area contributed by atoms with Crippen LogP contribution in [0.15, 0.2) is 36.2 Å². The maximum absolute atomic E-state index is 13.3. The summed E-state index contributed by atoms with van der Waals surface area (Å²) in [5.41, 5.74) is 7.24. The van der Waals surface area contributed by atoms with Crippen LogP contribution in [0.2, 0.25) is 0 Å². The van der Waals surface area contributed by atoms with Crippen LogP contribution in [0.25, 0.3) is 0 Å². The van der Waals surface area contributed by atoms with Gasteiger partial charge in [0.05, 0.1) is 12.4 Å². The fourth-order valence-electron chi connectivity index (χ4n) is 5.96. The van der Waals surface area contributed by atoms with Crippen LogP contribution in [0.4, 0.5) is 4.39 Å². The van der Waals surface area contributed by atoms with E-state index in [2.05, 4.69) is 17.4 Å². The Kier molecular flexibility index (Phi) is 7.21. The third-order valence-corrected chi connectivity index (χ3v) is 8.38. The second-order valence-electron chi connectivity index (χ2n) is 10.0. The summed E-state index contributed by atoms with van der Waals surface area (Å²) in [5, 5.41) is 3.39. The Hall–Kier alpha value is -1.92. The van der Waals surface area contributed by atoms with E-state index < -0.39 is 0 Å². The molecule has 0 atom stereocenters. The van der Waals surface area contributed by atoms with Crippen molar-refractivity contribution in [2.75, 3.05) is 20.3 Å². The lowest BCUT2D eigenvalue weighted by Gasteiger charge is -2.53. The number of fused-ring (bicyclic) bond motifs is 3. The van der Waals surface area contributed by atoms with Gasteiger partial charge in [-0.3, -0.25) is 4.79 Å². The number of amides is 1. The number of halogens is 1. The van der Waals surface area contributed by atoms with Crippen LogP contribution in [0.3, 0.4) is 0 Å². The van der Waals surface area contributed by atoms with Crippen molar-refractivity contribution in [1.82, 2.24) is 5.32 Å². The molecule has 0 heterocycles. The van der Waals surface area contributed by atoms with Crippen LogP contribution in [-0.4, -0.2) is 38.3 Å². The molecule has 5 rings (SSSR count). The van der Waals surface area contributed by atoms with E-state index in [9.17, 15) is 9.18 Å². The number of methoxy groups -OCH3 is 1. The number of carbonyl (C=O) groups is 1. The first kappa shape index (κ1) is 23.2. The second-order valence-corrected chi connectivity index (χ2v) is 10.0. The van der Waals surface area contributed by atoms with E-state index in [-0.39, 0.29) is 29.9 Å². The van der Waals surface area contributed by atoms with Crippen LogP contribution in [0.5, 0.6) is 5.75 Å². The van der Waals surface area contributed by atoms with E-state index in [0.717, 1.165) is 70.0 Å². The lowest BCUT2D eigenvalue weighted by Crippen LogP contribution is -2.54. The first-order valence-corrected chi connectivity index (χ1v) is 12.1. The van der Waals surface area contributed by atoms with E-state index in [1.54, 1.807) is 7.11 Å². The van der Waals surface area contributed by atoms with Crippen molar-refractivity contribution in [2.24, 2.45) is 11.1 Å².